The third kappa shape index (κ3) is 3.44. The lowest BCUT2D eigenvalue weighted by Gasteiger charge is -2.30. The molecule has 4 heteroatoms. The van der Waals surface area contributed by atoms with E-state index in [2.05, 4.69) is 12.2 Å². The first-order valence-electron chi connectivity index (χ1n) is 7.51. The van der Waals surface area contributed by atoms with Crippen molar-refractivity contribution < 1.29 is 9.90 Å². The molecule has 0 saturated heterocycles. The molecular formula is C16H24N2O2. The van der Waals surface area contributed by atoms with E-state index in [-0.39, 0.29) is 17.7 Å². The Hall–Kier alpha value is -1.71. The second kappa shape index (κ2) is 6.64. The summed E-state index contributed by atoms with van der Waals surface area (Å²) in [5, 5.41) is 12.7. The van der Waals surface area contributed by atoms with Crippen LogP contribution in [0.1, 0.15) is 55.8 Å². The van der Waals surface area contributed by atoms with Crippen LogP contribution in [0.4, 0.5) is 5.69 Å². The van der Waals surface area contributed by atoms with Gasteiger partial charge < -0.3 is 16.2 Å². The second-order valence-electron chi connectivity index (χ2n) is 5.66. The number of nitrogens with one attached hydrogen (secondary N) is 1. The number of nitrogens with two attached hydrogens (primary N) is 1. The topological polar surface area (TPSA) is 75.4 Å². The summed E-state index contributed by atoms with van der Waals surface area (Å²) >= 11 is 0. The standard InChI is InChI=1S/C16H24N2O2/c1-2-14(11-6-4-3-5-7-11)18-16(20)12-8-9-13(17)15(19)10-12/h8-11,14,19H,2-7,17H2,1H3,(H,18,20). The summed E-state index contributed by atoms with van der Waals surface area (Å²) in [6.45, 7) is 2.11. The van der Waals surface area contributed by atoms with E-state index in [0.717, 1.165) is 6.42 Å². The van der Waals surface area contributed by atoms with Crippen molar-refractivity contribution in [3.8, 4) is 5.75 Å². The fourth-order valence-corrected chi connectivity index (χ4v) is 3.03. The van der Waals surface area contributed by atoms with Crippen molar-refractivity contribution in [1.29, 1.82) is 0 Å². The van der Waals surface area contributed by atoms with Crippen molar-refractivity contribution >= 4 is 11.6 Å². The van der Waals surface area contributed by atoms with E-state index in [4.69, 9.17) is 5.73 Å². The van der Waals surface area contributed by atoms with Crippen LogP contribution in [0, 0.1) is 5.92 Å². The molecule has 1 unspecified atom stereocenters. The number of nitrogen functional groups attached to an aromatic ring is 1. The van der Waals surface area contributed by atoms with Gasteiger partial charge in [-0.2, -0.15) is 0 Å². The molecule has 4 nitrogen and oxygen atoms in total. The van der Waals surface area contributed by atoms with Gasteiger partial charge in [0.25, 0.3) is 5.91 Å². The molecule has 0 radical (unpaired) electrons. The van der Waals surface area contributed by atoms with Crippen molar-refractivity contribution in [3.63, 3.8) is 0 Å². The molecule has 1 aromatic rings. The van der Waals surface area contributed by atoms with Crippen molar-refractivity contribution in [3.05, 3.63) is 23.8 Å². The van der Waals surface area contributed by atoms with Crippen LogP contribution in [0.3, 0.4) is 0 Å². The number of hydrogen-bond acceptors (Lipinski definition) is 3. The average molecular weight is 276 g/mol. The predicted octanol–water partition coefficient (Wildman–Crippen LogP) is 3.06. The predicted molar refractivity (Wildman–Crippen MR) is 80.6 cm³/mol. The smallest absolute Gasteiger partial charge is 0.251 e. The van der Waals surface area contributed by atoms with Gasteiger partial charge in [0.2, 0.25) is 0 Å². The van der Waals surface area contributed by atoms with Crippen LogP contribution in [0.15, 0.2) is 18.2 Å². The molecule has 1 saturated carbocycles. The molecule has 0 spiro atoms. The lowest BCUT2D eigenvalue weighted by Crippen LogP contribution is -2.40. The summed E-state index contributed by atoms with van der Waals surface area (Å²) in [5.41, 5.74) is 6.31. The molecule has 1 aromatic carbocycles. The van der Waals surface area contributed by atoms with Crippen molar-refractivity contribution in [2.45, 2.75) is 51.5 Å². The highest BCUT2D eigenvalue weighted by molar-refractivity contribution is 5.95. The van der Waals surface area contributed by atoms with Gasteiger partial charge in [-0.15, -0.1) is 0 Å². The number of benzene rings is 1. The Labute approximate surface area is 120 Å². The lowest BCUT2D eigenvalue weighted by atomic mass is 9.83. The van der Waals surface area contributed by atoms with Crippen molar-refractivity contribution in [1.82, 2.24) is 5.32 Å². The minimum absolute atomic E-state index is 0.0386. The number of amides is 1. The van der Waals surface area contributed by atoms with Gasteiger partial charge in [-0.25, -0.2) is 0 Å². The number of phenols is 1. The Kier molecular flexibility index (Phi) is 4.88. The second-order valence-corrected chi connectivity index (χ2v) is 5.66. The molecule has 4 N–H and O–H groups in total. The first kappa shape index (κ1) is 14.7. The van der Waals surface area contributed by atoms with Gasteiger partial charge >= 0.3 is 0 Å². The quantitative estimate of drug-likeness (QED) is 0.584. The Morgan fingerprint density at radius 2 is 2.10 bits per heavy atom. The maximum atomic E-state index is 12.3. The Balaban J connectivity index is 2.02. The minimum Gasteiger partial charge on any atom is -0.506 e. The molecule has 0 bridgehead atoms. The first-order valence-corrected chi connectivity index (χ1v) is 7.51. The zero-order chi connectivity index (χ0) is 14.5. The van der Waals surface area contributed by atoms with E-state index in [1.807, 2.05) is 0 Å². The van der Waals surface area contributed by atoms with Crippen LogP contribution in [0.2, 0.25) is 0 Å². The van der Waals surface area contributed by atoms with Gasteiger partial charge in [0.15, 0.2) is 0 Å². The van der Waals surface area contributed by atoms with Crippen LogP contribution in [0.5, 0.6) is 5.75 Å². The van der Waals surface area contributed by atoms with Crippen molar-refractivity contribution in [2.24, 2.45) is 5.92 Å². The maximum Gasteiger partial charge on any atom is 0.251 e. The summed E-state index contributed by atoms with van der Waals surface area (Å²) in [6.07, 6.45) is 7.18. The number of hydrogen-bond donors (Lipinski definition) is 3. The molecule has 1 aliphatic rings. The van der Waals surface area contributed by atoms with E-state index in [1.165, 1.54) is 38.2 Å². The summed E-state index contributed by atoms with van der Waals surface area (Å²) in [4.78, 5) is 12.3. The van der Waals surface area contributed by atoms with Crippen LogP contribution >= 0.6 is 0 Å². The monoisotopic (exact) mass is 276 g/mol. The number of carbonyl (C=O) groups excluding carboxylic acids is 1. The van der Waals surface area contributed by atoms with E-state index < -0.39 is 0 Å². The molecule has 0 aliphatic heterocycles. The zero-order valence-corrected chi connectivity index (χ0v) is 12.1. The highest BCUT2D eigenvalue weighted by Gasteiger charge is 2.24. The van der Waals surface area contributed by atoms with E-state index >= 15 is 0 Å². The van der Waals surface area contributed by atoms with E-state index in [0.29, 0.717) is 17.2 Å². The molecule has 1 atom stereocenters. The third-order valence-electron chi connectivity index (χ3n) is 4.27. The Bertz CT molecular complexity index is 468. The fraction of sp³-hybridized carbons (Fsp3) is 0.562. The summed E-state index contributed by atoms with van der Waals surface area (Å²) in [5.74, 6) is 0.418. The maximum absolute atomic E-state index is 12.3. The van der Waals surface area contributed by atoms with Gasteiger partial charge in [0.05, 0.1) is 5.69 Å². The summed E-state index contributed by atoms with van der Waals surface area (Å²) < 4.78 is 0. The third-order valence-corrected chi connectivity index (χ3v) is 4.27. The lowest BCUT2D eigenvalue weighted by molar-refractivity contribution is 0.0911. The Morgan fingerprint density at radius 1 is 1.40 bits per heavy atom. The molecular weight excluding hydrogens is 252 g/mol. The number of carbonyl (C=O) groups is 1. The zero-order valence-electron chi connectivity index (χ0n) is 12.1. The normalized spacial score (nSPS) is 17.6. The van der Waals surface area contributed by atoms with Gasteiger partial charge in [0.1, 0.15) is 5.75 Å². The van der Waals surface area contributed by atoms with E-state index in [1.54, 1.807) is 12.1 Å². The van der Waals surface area contributed by atoms with Gasteiger partial charge in [-0.05, 0) is 43.4 Å². The molecule has 1 amide bonds. The van der Waals surface area contributed by atoms with Crippen LogP contribution < -0.4 is 11.1 Å². The van der Waals surface area contributed by atoms with Crippen LogP contribution in [-0.4, -0.2) is 17.1 Å². The number of anilines is 1. The number of phenolic OH excluding ortho intramolecular Hbond substituents is 1. The minimum atomic E-state index is -0.127. The largest absolute Gasteiger partial charge is 0.506 e. The molecule has 0 aromatic heterocycles. The Morgan fingerprint density at radius 3 is 2.70 bits per heavy atom. The molecule has 2 rings (SSSR count). The van der Waals surface area contributed by atoms with Gasteiger partial charge in [-0.3, -0.25) is 4.79 Å². The molecule has 0 heterocycles. The molecule has 1 aliphatic carbocycles. The molecule has 1 fully saturated rings. The highest BCUT2D eigenvalue weighted by Crippen LogP contribution is 2.28. The highest BCUT2D eigenvalue weighted by atomic mass is 16.3. The SMILES string of the molecule is CCC(NC(=O)c1ccc(N)c(O)c1)C1CCCCC1. The number of aromatic hydroxyl groups is 1. The van der Waals surface area contributed by atoms with E-state index in [9.17, 15) is 9.90 Å². The fourth-order valence-electron chi connectivity index (χ4n) is 3.03. The number of rotatable bonds is 4. The van der Waals surface area contributed by atoms with Crippen molar-refractivity contribution in [2.75, 3.05) is 5.73 Å². The van der Waals surface area contributed by atoms with Crippen LogP contribution in [0.25, 0.3) is 0 Å². The van der Waals surface area contributed by atoms with Gasteiger partial charge in [0, 0.05) is 11.6 Å². The first-order chi connectivity index (χ1) is 9.61. The summed E-state index contributed by atoms with van der Waals surface area (Å²) in [7, 11) is 0. The molecule has 20 heavy (non-hydrogen) atoms. The average Bonchev–Trinajstić information content (AvgIpc) is 2.48. The van der Waals surface area contributed by atoms with Gasteiger partial charge in [-0.1, -0.05) is 26.2 Å². The van der Waals surface area contributed by atoms with Crippen LogP contribution in [-0.2, 0) is 0 Å². The molecule has 110 valence electrons. The summed E-state index contributed by atoms with van der Waals surface area (Å²) in [6, 6.07) is 4.87.